The molecule has 2 aromatic heterocycles. The largest absolute Gasteiger partial charge is 0.340 e. The number of imidazole rings is 1. The number of amides is 1. The van der Waals surface area contributed by atoms with E-state index in [0.717, 1.165) is 48.5 Å². The Kier molecular flexibility index (Phi) is 5.35. The Hall–Kier alpha value is -3.67. The van der Waals surface area contributed by atoms with E-state index in [9.17, 15) is 4.79 Å². The second kappa shape index (κ2) is 8.60. The maximum Gasteiger partial charge on any atom is 0.257 e. The minimum absolute atomic E-state index is 0.0154. The number of carbonyl (C=O) groups is 1. The van der Waals surface area contributed by atoms with Crippen LogP contribution in [0.2, 0.25) is 0 Å². The van der Waals surface area contributed by atoms with Crippen molar-refractivity contribution < 1.29 is 4.79 Å². The molecule has 6 nitrogen and oxygen atoms in total. The highest BCUT2D eigenvalue weighted by atomic mass is 16.2. The summed E-state index contributed by atoms with van der Waals surface area (Å²) in [7, 11) is 0. The van der Waals surface area contributed by atoms with Gasteiger partial charge in [0.2, 0.25) is 0 Å². The third kappa shape index (κ3) is 4.14. The molecule has 1 amide bonds. The number of likely N-dealkylation sites (tertiary alicyclic amines) is 1. The molecule has 1 N–H and O–H groups in total. The van der Waals surface area contributed by atoms with Crippen molar-refractivity contribution in [3.05, 3.63) is 96.2 Å². The summed E-state index contributed by atoms with van der Waals surface area (Å²) in [6, 6.07) is 20.2. The Bertz CT molecular complexity index is 1150. The van der Waals surface area contributed by atoms with E-state index in [1.165, 1.54) is 0 Å². The van der Waals surface area contributed by atoms with Crippen LogP contribution in [-0.2, 0) is 6.54 Å². The first-order chi connectivity index (χ1) is 15.3. The van der Waals surface area contributed by atoms with Crippen molar-refractivity contribution >= 4 is 5.91 Å². The van der Waals surface area contributed by atoms with Crippen molar-refractivity contribution in [2.75, 3.05) is 6.54 Å². The van der Waals surface area contributed by atoms with Crippen LogP contribution >= 0.6 is 0 Å². The molecule has 0 unspecified atom stereocenters. The van der Waals surface area contributed by atoms with Crippen LogP contribution in [0.3, 0.4) is 0 Å². The van der Waals surface area contributed by atoms with E-state index in [0.29, 0.717) is 12.1 Å². The lowest BCUT2D eigenvalue weighted by Gasteiger charge is -2.34. The van der Waals surface area contributed by atoms with Crippen molar-refractivity contribution in [1.82, 2.24) is 24.6 Å². The molecule has 1 atom stereocenters. The van der Waals surface area contributed by atoms with Crippen LogP contribution in [0.25, 0.3) is 11.3 Å². The van der Waals surface area contributed by atoms with Crippen molar-refractivity contribution in [2.45, 2.75) is 31.8 Å². The number of nitrogens with one attached hydrogen (secondary N) is 1. The monoisotopic (exact) mass is 411 g/mol. The van der Waals surface area contributed by atoms with Crippen molar-refractivity contribution in [1.29, 1.82) is 0 Å². The van der Waals surface area contributed by atoms with E-state index in [1.54, 1.807) is 6.20 Å². The van der Waals surface area contributed by atoms with Crippen LogP contribution < -0.4 is 0 Å². The fourth-order valence-electron chi connectivity index (χ4n) is 4.23. The first-order valence-electron chi connectivity index (χ1n) is 10.8. The van der Waals surface area contributed by atoms with E-state index < -0.39 is 0 Å². The summed E-state index contributed by atoms with van der Waals surface area (Å²) in [5, 5.41) is 4.41. The van der Waals surface area contributed by atoms with Gasteiger partial charge in [-0.3, -0.25) is 9.48 Å². The van der Waals surface area contributed by atoms with Gasteiger partial charge in [-0.15, -0.1) is 0 Å². The molecule has 31 heavy (non-hydrogen) atoms. The average Bonchev–Trinajstić information content (AvgIpc) is 3.50. The fraction of sp³-hybridized carbons (Fsp3) is 0.240. The highest BCUT2D eigenvalue weighted by Gasteiger charge is 2.31. The lowest BCUT2D eigenvalue weighted by Crippen LogP contribution is -2.38. The first kappa shape index (κ1) is 19.3. The molecule has 5 rings (SSSR count). The van der Waals surface area contributed by atoms with Gasteiger partial charge in [0.05, 0.1) is 36.2 Å². The minimum atomic E-state index is -0.0452. The van der Waals surface area contributed by atoms with E-state index in [1.807, 2.05) is 58.4 Å². The Balaban J connectivity index is 1.35. The first-order valence-corrected chi connectivity index (χ1v) is 10.8. The lowest BCUT2D eigenvalue weighted by molar-refractivity contribution is 0.0601. The van der Waals surface area contributed by atoms with Crippen LogP contribution in [0.1, 0.15) is 47.1 Å². The average molecular weight is 412 g/mol. The molecular formula is C25H25N5O. The van der Waals surface area contributed by atoms with Gasteiger partial charge in [0.25, 0.3) is 5.91 Å². The molecular weight excluding hydrogens is 386 g/mol. The zero-order valence-corrected chi connectivity index (χ0v) is 17.3. The topological polar surface area (TPSA) is 66.8 Å². The van der Waals surface area contributed by atoms with Crippen LogP contribution in [0.15, 0.2) is 79.3 Å². The molecule has 156 valence electrons. The van der Waals surface area contributed by atoms with Crippen LogP contribution in [0.4, 0.5) is 0 Å². The summed E-state index contributed by atoms with van der Waals surface area (Å²) in [6.07, 6.45) is 8.38. The smallest absolute Gasteiger partial charge is 0.257 e. The molecule has 1 fully saturated rings. The fourth-order valence-corrected chi connectivity index (χ4v) is 4.23. The molecule has 0 saturated carbocycles. The summed E-state index contributed by atoms with van der Waals surface area (Å²) in [6.45, 7) is 1.38. The van der Waals surface area contributed by atoms with Crippen LogP contribution in [0, 0.1) is 0 Å². The Morgan fingerprint density at radius 3 is 2.58 bits per heavy atom. The normalized spacial score (nSPS) is 16.4. The van der Waals surface area contributed by atoms with Gasteiger partial charge in [-0.25, -0.2) is 4.98 Å². The predicted molar refractivity (Wildman–Crippen MR) is 119 cm³/mol. The molecule has 3 heterocycles. The van der Waals surface area contributed by atoms with Gasteiger partial charge in [-0.2, -0.15) is 5.10 Å². The highest BCUT2D eigenvalue weighted by Crippen LogP contribution is 2.31. The Morgan fingerprint density at radius 2 is 1.77 bits per heavy atom. The van der Waals surface area contributed by atoms with Crippen LogP contribution in [-0.4, -0.2) is 37.1 Å². The number of nitrogens with zero attached hydrogens (tertiary/aromatic N) is 4. The lowest BCUT2D eigenvalue weighted by atomic mass is 10.0. The summed E-state index contributed by atoms with van der Waals surface area (Å²) in [5.74, 6) is 0.866. The molecule has 1 saturated heterocycles. The Labute approximate surface area is 181 Å². The molecule has 0 radical (unpaired) electrons. The predicted octanol–water partition coefficient (Wildman–Crippen LogP) is 4.69. The number of carbonyl (C=O) groups excluding carboxylic acids is 1. The van der Waals surface area contributed by atoms with Crippen molar-refractivity contribution in [2.24, 2.45) is 0 Å². The standard InChI is InChI=1S/C25H25N5O/c31-25(21-15-27-29(18-21)17-19-9-3-1-4-10-19)30-14-8-7-13-23(30)24-26-16-22(28-24)20-11-5-2-6-12-20/h1-6,9-12,15-16,18,23H,7-8,13-14,17H2,(H,26,28)/t23-/m0/s1. The molecule has 0 bridgehead atoms. The van der Waals surface area contributed by atoms with Crippen molar-refractivity contribution in [3.8, 4) is 11.3 Å². The molecule has 4 aromatic rings. The maximum absolute atomic E-state index is 13.4. The number of benzene rings is 2. The molecule has 6 heteroatoms. The summed E-state index contributed by atoms with van der Waals surface area (Å²) < 4.78 is 1.82. The number of hydrogen-bond donors (Lipinski definition) is 1. The highest BCUT2D eigenvalue weighted by molar-refractivity contribution is 5.94. The van der Waals surface area contributed by atoms with E-state index in [2.05, 4.69) is 39.3 Å². The zero-order valence-electron chi connectivity index (χ0n) is 17.3. The van der Waals surface area contributed by atoms with E-state index in [4.69, 9.17) is 0 Å². The zero-order chi connectivity index (χ0) is 21.0. The summed E-state index contributed by atoms with van der Waals surface area (Å²) in [5.41, 5.74) is 3.85. The number of H-pyrrole nitrogens is 1. The van der Waals surface area contributed by atoms with E-state index in [-0.39, 0.29) is 11.9 Å². The molecule has 1 aliphatic heterocycles. The number of aromatic nitrogens is 4. The Morgan fingerprint density at radius 1 is 1.00 bits per heavy atom. The third-order valence-corrected chi connectivity index (χ3v) is 5.83. The van der Waals surface area contributed by atoms with Gasteiger partial charge in [-0.05, 0) is 30.4 Å². The van der Waals surface area contributed by atoms with Crippen LogP contribution in [0.5, 0.6) is 0 Å². The maximum atomic E-state index is 13.4. The van der Waals surface area contributed by atoms with Crippen molar-refractivity contribution in [3.63, 3.8) is 0 Å². The molecule has 1 aliphatic rings. The van der Waals surface area contributed by atoms with Gasteiger partial charge in [0, 0.05) is 12.7 Å². The minimum Gasteiger partial charge on any atom is -0.340 e. The third-order valence-electron chi connectivity index (χ3n) is 5.83. The SMILES string of the molecule is O=C(c1cnn(Cc2ccccc2)c1)N1CCCC[C@H]1c1ncc(-c2ccccc2)[nH]1. The van der Waals surface area contributed by atoms with Gasteiger partial charge < -0.3 is 9.88 Å². The van der Waals surface area contributed by atoms with Gasteiger partial charge in [-0.1, -0.05) is 60.7 Å². The second-order valence-corrected chi connectivity index (χ2v) is 7.97. The number of aromatic amines is 1. The quantitative estimate of drug-likeness (QED) is 0.518. The number of hydrogen-bond acceptors (Lipinski definition) is 3. The van der Waals surface area contributed by atoms with Gasteiger partial charge >= 0.3 is 0 Å². The second-order valence-electron chi connectivity index (χ2n) is 7.97. The molecule has 0 spiro atoms. The number of piperidine rings is 1. The van der Waals surface area contributed by atoms with Gasteiger partial charge in [0.15, 0.2) is 0 Å². The molecule has 0 aliphatic carbocycles. The number of rotatable bonds is 5. The summed E-state index contributed by atoms with van der Waals surface area (Å²) in [4.78, 5) is 23.4. The summed E-state index contributed by atoms with van der Waals surface area (Å²) >= 11 is 0. The van der Waals surface area contributed by atoms with Gasteiger partial charge in [0.1, 0.15) is 5.82 Å². The van der Waals surface area contributed by atoms with E-state index >= 15 is 0 Å². The molecule has 2 aromatic carbocycles.